The van der Waals surface area contributed by atoms with Crippen LogP contribution in [0.2, 0.25) is 0 Å². The minimum absolute atomic E-state index is 0.0672. The van der Waals surface area contributed by atoms with E-state index in [-0.39, 0.29) is 12.6 Å². The molecule has 1 fully saturated rings. The molecule has 0 amide bonds. The molecule has 1 aromatic carbocycles. The van der Waals surface area contributed by atoms with Gasteiger partial charge in [-0.15, -0.1) is 0 Å². The number of hydrogen-bond acceptors (Lipinski definition) is 8. The summed E-state index contributed by atoms with van der Waals surface area (Å²) in [4.78, 5) is 11.2. The Morgan fingerprint density at radius 2 is 1.93 bits per heavy atom. The first-order chi connectivity index (χ1) is 13.8. The van der Waals surface area contributed by atoms with Gasteiger partial charge < -0.3 is 25.3 Å². The number of nitrogens with zero attached hydrogens (tertiary/aromatic N) is 4. The van der Waals surface area contributed by atoms with Gasteiger partial charge >= 0.3 is 6.01 Å². The van der Waals surface area contributed by atoms with Gasteiger partial charge in [-0.3, -0.25) is 0 Å². The van der Waals surface area contributed by atoms with Crippen molar-refractivity contribution in [2.75, 3.05) is 37.8 Å². The molecule has 0 unspecified atom stereocenters. The number of aliphatic hydroxyl groups is 1. The van der Waals surface area contributed by atoms with Crippen LogP contribution in [0.25, 0.3) is 0 Å². The lowest BCUT2D eigenvalue weighted by Crippen LogP contribution is -2.37. The van der Waals surface area contributed by atoms with E-state index in [1.165, 1.54) is 5.56 Å². The molecule has 3 N–H and O–H groups in total. The minimum Gasteiger partial charge on any atom is -0.460 e. The Balaban J connectivity index is 2.01. The van der Waals surface area contributed by atoms with E-state index >= 15 is 0 Å². The molecule has 29 heavy (non-hydrogen) atoms. The number of benzene rings is 1. The molecule has 1 aromatic heterocycles. The molecule has 8 nitrogen and oxygen atoms in total. The number of hydrogen-bond donors (Lipinski definition) is 2. The van der Waals surface area contributed by atoms with Crippen molar-refractivity contribution in [2.24, 2.45) is 10.9 Å². The third kappa shape index (κ3) is 5.42. The Hall–Kier alpha value is -2.71. The van der Waals surface area contributed by atoms with E-state index in [0.717, 1.165) is 24.2 Å². The van der Waals surface area contributed by atoms with Crippen LogP contribution >= 0.6 is 0 Å². The molecule has 156 valence electrons. The maximum atomic E-state index is 10.0. The number of anilines is 1. The minimum atomic E-state index is -1.00. The summed E-state index contributed by atoms with van der Waals surface area (Å²) in [6, 6.07) is 8.09. The van der Waals surface area contributed by atoms with Gasteiger partial charge in [0.1, 0.15) is 23.8 Å². The lowest BCUT2D eigenvalue weighted by molar-refractivity contribution is 0.0250. The van der Waals surface area contributed by atoms with Crippen molar-refractivity contribution in [1.29, 1.82) is 0 Å². The first-order valence-corrected chi connectivity index (χ1v) is 9.69. The van der Waals surface area contributed by atoms with Crippen LogP contribution in [0, 0.1) is 13.8 Å². The van der Waals surface area contributed by atoms with Crippen molar-refractivity contribution in [3.63, 3.8) is 0 Å². The zero-order chi connectivity index (χ0) is 21.0. The molecule has 1 aliphatic rings. The maximum absolute atomic E-state index is 10.0. The molecule has 2 aromatic rings. The van der Waals surface area contributed by atoms with Crippen LogP contribution < -0.4 is 15.5 Å². The van der Waals surface area contributed by atoms with Crippen LogP contribution in [-0.4, -0.2) is 59.3 Å². The van der Waals surface area contributed by atoms with Gasteiger partial charge in [-0.05, 0) is 44.9 Å². The van der Waals surface area contributed by atoms with E-state index in [9.17, 15) is 5.11 Å². The molecule has 2 heterocycles. The average molecular weight is 399 g/mol. The van der Waals surface area contributed by atoms with E-state index in [1.54, 1.807) is 13.8 Å². The second-order valence-corrected chi connectivity index (χ2v) is 7.87. The van der Waals surface area contributed by atoms with Gasteiger partial charge in [0.2, 0.25) is 0 Å². The molecule has 0 saturated carbocycles. The smallest absolute Gasteiger partial charge is 0.319 e. The number of morpholine rings is 1. The summed E-state index contributed by atoms with van der Waals surface area (Å²) < 4.78 is 11.1. The highest BCUT2D eigenvalue weighted by Gasteiger charge is 2.20. The van der Waals surface area contributed by atoms with E-state index in [1.807, 2.05) is 31.2 Å². The first-order valence-electron chi connectivity index (χ1n) is 9.69. The van der Waals surface area contributed by atoms with Gasteiger partial charge in [-0.2, -0.15) is 15.1 Å². The lowest BCUT2D eigenvalue weighted by Gasteiger charge is -2.28. The van der Waals surface area contributed by atoms with Gasteiger partial charge in [0.05, 0.1) is 18.8 Å². The Morgan fingerprint density at radius 1 is 1.21 bits per heavy atom. The number of hydrazone groups is 1. The van der Waals surface area contributed by atoms with Crippen LogP contribution in [0.3, 0.4) is 0 Å². The normalized spacial score (nSPS) is 15.5. The van der Waals surface area contributed by atoms with Crippen molar-refractivity contribution < 1.29 is 14.6 Å². The largest absolute Gasteiger partial charge is 0.460 e. The molecule has 0 bridgehead atoms. The van der Waals surface area contributed by atoms with E-state index in [4.69, 9.17) is 15.3 Å². The summed E-state index contributed by atoms with van der Waals surface area (Å²) in [5.74, 6) is 6.48. The molecule has 0 aliphatic carbocycles. The van der Waals surface area contributed by atoms with Crippen LogP contribution in [0.1, 0.15) is 36.2 Å². The number of aromatic nitrogens is 2. The molecule has 8 heteroatoms. The van der Waals surface area contributed by atoms with Crippen molar-refractivity contribution >= 4 is 11.5 Å². The van der Waals surface area contributed by atoms with Gasteiger partial charge in [0.15, 0.2) is 0 Å². The number of rotatable bonds is 6. The van der Waals surface area contributed by atoms with Gasteiger partial charge in [-0.1, -0.05) is 12.1 Å². The Labute approximate surface area is 171 Å². The summed E-state index contributed by atoms with van der Waals surface area (Å²) in [6.07, 6.45) is 0. The van der Waals surface area contributed by atoms with Crippen molar-refractivity contribution in [3.05, 3.63) is 46.6 Å². The average Bonchev–Trinajstić information content (AvgIpc) is 2.70. The Morgan fingerprint density at radius 3 is 2.55 bits per heavy atom. The van der Waals surface area contributed by atoms with E-state index in [2.05, 4.69) is 26.9 Å². The Kier molecular flexibility index (Phi) is 6.34. The monoisotopic (exact) mass is 399 g/mol. The van der Waals surface area contributed by atoms with Crippen LogP contribution in [0.4, 0.5) is 5.82 Å². The molecular formula is C21H29N5O3. The molecular weight excluding hydrogens is 370 g/mol. The fourth-order valence-electron chi connectivity index (χ4n) is 2.97. The molecule has 3 rings (SSSR count). The standard InChI is InChI=1S/C21H29N5O3/c1-14-5-6-16(11-15(14)2)19(25-22)17-12-18(26-7-9-28-10-8-26)24-20(23-17)29-13-21(3,4)27/h5-6,11-12,27H,7-10,13,22H2,1-4H3. The fraction of sp³-hybridized carbons (Fsp3) is 0.476. The van der Waals surface area contributed by atoms with Crippen molar-refractivity contribution in [2.45, 2.75) is 33.3 Å². The van der Waals surface area contributed by atoms with Crippen LogP contribution in [0.5, 0.6) is 6.01 Å². The third-order valence-corrected chi connectivity index (χ3v) is 4.73. The topological polar surface area (TPSA) is 106 Å². The second kappa shape index (κ2) is 8.75. The zero-order valence-electron chi connectivity index (χ0n) is 17.5. The lowest BCUT2D eigenvalue weighted by atomic mass is 10.0. The molecule has 1 aliphatic heterocycles. The van der Waals surface area contributed by atoms with Crippen LogP contribution in [0.15, 0.2) is 29.4 Å². The second-order valence-electron chi connectivity index (χ2n) is 7.87. The summed E-state index contributed by atoms with van der Waals surface area (Å²) in [6.45, 7) is 10.2. The number of aryl methyl sites for hydroxylation is 2. The SMILES string of the molecule is Cc1ccc(C(=NN)c2cc(N3CCOCC3)nc(OCC(C)(C)O)n2)cc1C. The van der Waals surface area contributed by atoms with Gasteiger partial charge in [-0.25, -0.2) is 0 Å². The van der Waals surface area contributed by atoms with Gasteiger partial charge in [0.25, 0.3) is 0 Å². The van der Waals surface area contributed by atoms with Crippen molar-refractivity contribution in [3.8, 4) is 6.01 Å². The number of ether oxygens (including phenoxy) is 2. The number of nitrogens with two attached hydrogens (primary N) is 1. The first kappa shape index (κ1) is 21.0. The molecule has 0 atom stereocenters. The maximum Gasteiger partial charge on any atom is 0.319 e. The van der Waals surface area contributed by atoms with Gasteiger partial charge in [0, 0.05) is 24.7 Å². The van der Waals surface area contributed by atoms with E-state index < -0.39 is 5.60 Å². The van der Waals surface area contributed by atoms with E-state index in [0.29, 0.717) is 30.4 Å². The quantitative estimate of drug-likeness (QED) is 0.433. The van der Waals surface area contributed by atoms with Crippen molar-refractivity contribution in [1.82, 2.24) is 9.97 Å². The third-order valence-electron chi connectivity index (χ3n) is 4.73. The summed E-state index contributed by atoms with van der Waals surface area (Å²) in [7, 11) is 0. The highest BCUT2D eigenvalue weighted by atomic mass is 16.5. The summed E-state index contributed by atoms with van der Waals surface area (Å²) in [5.41, 5.74) is 3.32. The predicted octanol–water partition coefficient (Wildman–Crippen LogP) is 1.79. The molecule has 0 spiro atoms. The predicted molar refractivity (Wildman–Crippen MR) is 113 cm³/mol. The highest BCUT2D eigenvalue weighted by molar-refractivity contribution is 6.12. The zero-order valence-corrected chi connectivity index (χ0v) is 17.5. The fourth-order valence-corrected chi connectivity index (χ4v) is 2.97. The Bertz CT molecular complexity index is 886. The molecule has 0 radical (unpaired) electrons. The summed E-state index contributed by atoms with van der Waals surface area (Å²) >= 11 is 0. The van der Waals surface area contributed by atoms with Crippen LogP contribution in [-0.2, 0) is 4.74 Å². The summed E-state index contributed by atoms with van der Waals surface area (Å²) in [5, 5.41) is 14.0. The highest BCUT2D eigenvalue weighted by Crippen LogP contribution is 2.22. The molecule has 1 saturated heterocycles.